The predicted molar refractivity (Wildman–Crippen MR) is 97.8 cm³/mol. The maximum absolute atomic E-state index is 12.7. The Hall–Kier alpha value is -3.14. The molecule has 0 atom stereocenters. The number of sulfonamides is 1. The Morgan fingerprint density at radius 2 is 1.73 bits per heavy atom. The number of amides is 2. The molecule has 0 aliphatic rings. The van der Waals surface area contributed by atoms with Crippen molar-refractivity contribution in [3.8, 4) is 0 Å². The number of carbonyl (C=O) groups excluding carboxylic acids is 1. The summed E-state index contributed by atoms with van der Waals surface area (Å²) in [5, 5.41) is 13.5. The van der Waals surface area contributed by atoms with E-state index in [1.165, 1.54) is 30.0 Å². The number of anilines is 2. The van der Waals surface area contributed by atoms with Crippen LogP contribution in [0.3, 0.4) is 0 Å². The Kier molecular flexibility index (Phi) is 5.46. The second kappa shape index (κ2) is 7.40. The van der Waals surface area contributed by atoms with Crippen molar-refractivity contribution in [2.75, 3.05) is 24.1 Å². The van der Waals surface area contributed by atoms with Crippen molar-refractivity contribution >= 4 is 33.1 Å². The summed E-state index contributed by atoms with van der Waals surface area (Å²) in [5.41, 5.74) is 0.439. The number of hydrogen-bond acceptors (Lipinski definition) is 5. The van der Waals surface area contributed by atoms with Crippen LogP contribution in [0.5, 0.6) is 0 Å². The van der Waals surface area contributed by atoms with Crippen molar-refractivity contribution in [3.05, 3.63) is 58.1 Å². The molecule has 2 rings (SSSR count). The third kappa shape index (κ3) is 4.28. The fourth-order valence-corrected chi connectivity index (χ4v) is 3.45. The first-order valence-electron chi connectivity index (χ1n) is 7.47. The normalized spacial score (nSPS) is 10.9. The first kappa shape index (κ1) is 19.2. The number of non-ortho nitro benzene ring substituents is 1. The van der Waals surface area contributed by atoms with Gasteiger partial charge < -0.3 is 10.2 Å². The van der Waals surface area contributed by atoms with E-state index in [2.05, 4.69) is 10.0 Å². The van der Waals surface area contributed by atoms with Crippen molar-refractivity contribution in [3.63, 3.8) is 0 Å². The largest absolute Gasteiger partial charge is 0.331 e. The standard InChI is InChI=1S/C16H18N4O5S/c1-11-8-9-12(20(22)23)10-15(11)26(24,25)18-14-7-5-4-6-13(14)17-16(21)19(2)3/h4-10,18H,1-3H3,(H,17,21). The summed E-state index contributed by atoms with van der Waals surface area (Å²) in [6.07, 6.45) is 0. The van der Waals surface area contributed by atoms with Crippen LogP contribution in [0, 0.1) is 17.0 Å². The van der Waals surface area contributed by atoms with Crippen LogP contribution >= 0.6 is 0 Å². The molecule has 0 spiro atoms. The van der Waals surface area contributed by atoms with Crippen molar-refractivity contribution in [2.24, 2.45) is 0 Å². The molecular weight excluding hydrogens is 360 g/mol. The zero-order valence-electron chi connectivity index (χ0n) is 14.4. The van der Waals surface area contributed by atoms with Crippen LogP contribution in [0.2, 0.25) is 0 Å². The van der Waals surface area contributed by atoms with E-state index in [-0.39, 0.29) is 22.0 Å². The minimum absolute atomic E-state index is 0.147. The fourth-order valence-electron chi connectivity index (χ4n) is 2.10. The van der Waals surface area contributed by atoms with E-state index in [0.29, 0.717) is 5.56 Å². The van der Waals surface area contributed by atoms with E-state index < -0.39 is 21.0 Å². The van der Waals surface area contributed by atoms with Gasteiger partial charge in [-0.3, -0.25) is 14.8 Å². The quantitative estimate of drug-likeness (QED) is 0.612. The number of benzene rings is 2. The highest BCUT2D eigenvalue weighted by Gasteiger charge is 2.22. The number of aryl methyl sites for hydroxylation is 1. The summed E-state index contributed by atoms with van der Waals surface area (Å²) < 4.78 is 27.8. The number of carbonyl (C=O) groups is 1. The number of hydrogen-bond donors (Lipinski definition) is 2. The molecule has 0 aliphatic heterocycles. The van der Waals surface area contributed by atoms with Crippen LogP contribution in [0.15, 0.2) is 47.4 Å². The van der Waals surface area contributed by atoms with Gasteiger partial charge in [-0.1, -0.05) is 18.2 Å². The molecule has 2 N–H and O–H groups in total. The number of nitrogens with zero attached hydrogens (tertiary/aromatic N) is 2. The van der Waals surface area contributed by atoms with Gasteiger partial charge >= 0.3 is 6.03 Å². The molecule has 0 radical (unpaired) electrons. The van der Waals surface area contributed by atoms with Gasteiger partial charge in [0.1, 0.15) is 0 Å². The Labute approximate surface area is 150 Å². The van der Waals surface area contributed by atoms with Crippen molar-refractivity contribution in [2.45, 2.75) is 11.8 Å². The molecule has 0 bridgehead atoms. The molecule has 2 amide bonds. The van der Waals surface area contributed by atoms with Crippen molar-refractivity contribution in [1.29, 1.82) is 0 Å². The van der Waals surface area contributed by atoms with Crippen LogP contribution < -0.4 is 10.0 Å². The number of nitrogens with one attached hydrogen (secondary N) is 2. The molecule has 0 heterocycles. The van der Waals surface area contributed by atoms with Gasteiger partial charge in [-0.05, 0) is 24.6 Å². The molecule has 0 aromatic heterocycles. The van der Waals surface area contributed by atoms with Gasteiger partial charge in [-0.2, -0.15) is 0 Å². The average molecular weight is 378 g/mol. The van der Waals surface area contributed by atoms with Gasteiger partial charge in [0.05, 0.1) is 21.2 Å². The third-order valence-electron chi connectivity index (χ3n) is 3.49. The monoisotopic (exact) mass is 378 g/mol. The fraction of sp³-hybridized carbons (Fsp3) is 0.188. The number of nitro groups is 1. The number of nitro benzene ring substituents is 1. The maximum Gasteiger partial charge on any atom is 0.321 e. The molecule has 9 nitrogen and oxygen atoms in total. The van der Waals surface area contributed by atoms with Crippen LogP contribution in [-0.4, -0.2) is 38.4 Å². The van der Waals surface area contributed by atoms with Crippen LogP contribution in [-0.2, 0) is 10.0 Å². The summed E-state index contributed by atoms with van der Waals surface area (Å²) in [6.45, 7) is 1.54. The van der Waals surface area contributed by atoms with Crippen LogP contribution in [0.4, 0.5) is 21.9 Å². The third-order valence-corrected chi connectivity index (χ3v) is 5.00. The zero-order chi connectivity index (χ0) is 19.5. The molecule has 26 heavy (non-hydrogen) atoms. The van der Waals surface area contributed by atoms with E-state index >= 15 is 0 Å². The first-order valence-corrected chi connectivity index (χ1v) is 8.95. The lowest BCUT2D eigenvalue weighted by Gasteiger charge is -2.16. The second-order valence-electron chi connectivity index (χ2n) is 5.68. The predicted octanol–water partition coefficient (Wildman–Crippen LogP) is 2.80. The van der Waals surface area contributed by atoms with Gasteiger partial charge in [-0.15, -0.1) is 0 Å². The summed E-state index contributed by atoms with van der Waals surface area (Å²) in [6, 6.07) is 9.44. The topological polar surface area (TPSA) is 122 Å². The summed E-state index contributed by atoms with van der Waals surface area (Å²) in [4.78, 5) is 23.2. The molecule has 10 heteroatoms. The van der Waals surface area contributed by atoms with E-state index in [0.717, 1.165) is 6.07 Å². The van der Waals surface area contributed by atoms with E-state index in [1.807, 2.05) is 0 Å². The highest BCUT2D eigenvalue weighted by molar-refractivity contribution is 7.92. The SMILES string of the molecule is Cc1ccc([N+](=O)[O-])cc1S(=O)(=O)Nc1ccccc1NC(=O)N(C)C. The van der Waals surface area contributed by atoms with Gasteiger partial charge in [0.2, 0.25) is 0 Å². The number of rotatable bonds is 5. The Morgan fingerprint density at radius 3 is 2.31 bits per heavy atom. The molecule has 0 aliphatic carbocycles. The van der Waals surface area contributed by atoms with Crippen LogP contribution in [0.1, 0.15) is 5.56 Å². The summed E-state index contributed by atoms with van der Waals surface area (Å²) in [7, 11) is -0.998. The van der Waals surface area contributed by atoms with Crippen LogP contribution in [0.25, 0.3) is 0 Å². The molecule has 138 valence electrons. The average Bonchev–Trinajstić information content (AvgIpc) is 2.56. The highest BCUT2D eigenvalue weighted by atomic mass is 32.2. The van der Waals surface area contributed by atoms with E-state index in [9.17, 15) is 23.3 Å². The van der Waals surface area contributed by atoms with Gasteiger partial charge in [0, 0.05) is 26.2 Å². The van der Waals surface area contributed by atoms with E-state index in [4.69, 9.17) is 0 Å². The van der Waals surface area contributed by atoms with Gasteiger partial charge in [-0.25, -0.2) is 13.2 Å². The molecule has 2 aromatic rings. The van der Waals surface area contributed by atoms with E-state index in [1.54, 1.807) is 32.3 Å². The Balaban J connectivity index is 2.41. The minimum atomic E-state index is -4.10. The number of urea groups is 1. The van der Waals surface area contributed by atoms with Crippen molar-refractivity contribution < 1.29 is 18.1 Å². The molecular formula is C16H18N4O5S. The molecule has 0 unspecified atom stereocenters. The minimum Gasteiger partial charge on any atom is -0.331 e. The molecule has 2 aromatic carbocycles. The lowest BCUT2D eigenvalue weighted by atomic mass is 10.2. The zero-order valence-corrected chi connectivity index (χ0v) is 15.2. The first-order chi connectivity index (χ1) is 12.1. The Morgan fingerprint density at radius 1 is 1.12 bits per heavy atom. The Bertz CT molecular complexity index is 957. The lowest BCUT2D eigenvalue weighted by Crippen LogP contribution is -2.28. The number of para-hydroxylation sites is 2. The van der Waals surface area contributed by atoms with Gasteiger partial charge in [0.15, 0.2) is 0 Å². The summed E-state index contributed by atoms with van der Waals surface area (Å²) >= 11 is 0. The molecule has 0 fully saturated rings. The maximum atomic E-state index is 12.7. The molecule has 0 saturated carbocycles. The smallest absolute Gasteiger partial charge is 0.321 e. The second-order valence-corrected chi connectivity index (χ2v) is 7.33. The highest BCUT2D eigenvalue weighted by Crippen LogP contribution is 2.27. The summed E-state index contributed by atoms with van der Waals surface area (Å²) in [5.74, 6) is 0. The molecule has 0 saturated heterocycles. The van der Waals surface area contributed by atoms with Crippen molar-refractivity contribution in [1.82, 2.24) is 4.90 Å². The lowest BCUT2D eigenvalue weighted by molar-refractivity contribution is -0.385. The van der Waals surface area contributed by atoms with Gasteiger partial charge in [0.25, 0.3) is 15.7 Å².